The van der Waals surface area contributed by atoms with Crippen LogP contribution in [0.25, 0.3) is 0 Å². The number of aliphatic hydroxyl groups is 1. The molecule has 0 aromatic carbocycles. The Bertz CT molecular complexity index is 418. The second-order valence-corrected chi connectivity index (χ2v) is 4.92. The van der Waals surface area contributed by atoms with E-state index in [9.17, 15) is 5.11 Å². The molecule has 2 aliphatic carbocycles. The highest BCUT2D eigenvalue weighted by Gasteiger charge is 2.47. The van der Waals surface area contributed by atoms with E-state index in [1.54, 1.807) is 7.11 Å². The molecule has 3 nitrogen and oxygen atoms in total. The Morgan fingerprint density at radius 3 is 3.12 bits per heavy atom. The first-order valence-corrected chi connectivity index (χ1v) is 6.01. The fraction of sp³-hybridized carbons (Fsp3) is 0.615. The molecule has 1 N–H and O–H groups in total. The molecule has 1 aromatic heterocycles. The van der Waals surface area contributed by atoms with Gasteiger partial charge in [0.05, 0.1) is 18.4 Å². The highest BCUT2D eigenvalue weighted by atomic mass is 16.5. The van der Waals surface area contributed by atoms with Gasteiger partial charge in [-0.3, -0.25) is 0 Å². The van der Waals surface area contributed by atoms with E-state index in [1.165, 1.54) is 6.42 Å². The van der Waals surface area contributed by atoms with Crippen LogP contribution in [0.2, 0.25) is 0 Å². The third-order valence-corrected chi connectivity index (χ3v) is 4.10. The molecule has 1 fully saturated rings. The summed E-state index contributed by atoms with van der Waals surface area (Å²) in [5.74, 6) is 1.02. The first kappa shape index (κ1) is 10.1. The number of fused-ring (bicyclic) bond motifs is 3. The normalized spacial score (nSPS) is 32.0. The smallest absolute Gasteiger partial charge is 0.213 e. The minimum absolute atomic E-state index is 0.371. The van der Waals surface area contributed by atoms with Crippen LogP contribution in [0.15, 0.2) is 12.1 Å². The Morgan fingerprint density at radius 2 is 2.31 bits per heavy atom. The SMILES string of the molecule is COc1ccc2c(n1)C[C@H]1CCCC[C@@]21O. The maximum Gasteiger partial charge on any atom is 0.213 e. The Balaban J connectivity index is 2.05. The summed E-state index contributed by atoms with van der Waals surface area (Å²) in [7, 11) is 1.63. The molecular weight excluding hydrogens is 202 g/mol. The Kier molecular flexibility index (Phi) is 2.18. The van der Waals surface area contributed by atoms with Crippen LogP contribution in [-0.2, 0) is 12.0 Å². The van der Waals surface area contributed by atoms with Crippen molar-refractivity contribution in [2.24, 2.45) is 5.92 Å². The van der Waals surface area contributed by atoms with Gasteiger partial charge in [0.2, 0.25) is 5.88 Å². The molecular formula is C13H17NO2. The van der Waals surface area contributed by atoms with E-state index in [-0.39, 0.29) is 0 Å². The van der Waals surface area contributed by atoms with Crippen LogP contribution < -0.4 is 4.74 Å². The van der Waals surface area contributed by atoms with Gasteiger partial charge in [0.25, 0.3) is 0 Å². The predicted octanol–water partition coefficient (Wildman–Crippen LogP) is 2.02. The molecule has 0 bridgehead atoms. The van der Waals surface area contributed by atoms with Crippen LogP contribution in [0, 0.1) is 5.92 Å². The van der Waals surface area contributed by atoms with Gasteiger partial charge in [-0.15, -0.1) is 0 Å². The second kappa shape index (κ2) is 3.45. The van der Waals surface area contributed by atoms with Crippen LogP contribution in [0.1, 0.15) is 36.9 Å². The Hall–Kier alpha value is -1.09. The summed E-state index contributed by atoms with van der Waals surface area (Å²) in [5, 5.41) is 10.7. The van der Waals surface area contributed by atoms with Crippen molar-refractivity contribution in [3.8, 4) is 5.88 Å². The number of aromatic nitrogens is 1. The Labute approximate surface area is 95.5 Å². The lowest BCUT2D eigenvalue weighted by atomic mass is 9.76. The van der Waals surface area contributed by atoms with Gasteiger partial charge in [-0.25, -0.2) is 4.98 Å². The van der Waals surface area contributed by atoms with Gasteiger partial charge in [-0.05, 0) is 31.2 Å². The minimum Gasteiger partial charge on any atom is -0.481 e. The first-order chi connectivity index (χ1) is 7.74. The van der Waals surface area contributed by atoms with Gasteiger partial charge in [-0.2, -0.15) is 0 Å². The van der Waals surface area contributed by atoms with E-state index in [0.29, 0.717) is 11.8 Å². The van der Waals surface area contributed by atoms with E-state index in [2.05, 4.69) is 4.98 Å². The fourth-order valence-corrected chi connectivity index (χ4v) is 3.23. The molecule has 0 spiro atoms. The zero-order valence-corrected chi connectivity index (χ0v) is 9.57. The van der Waals surface area contributed by atoms with E-state index in [4.69, 9.17) is 4.74 Å². The van der Waals surface area contributed by atoms with Crippen molar-refractivity contribution in [1.82, 2.24) is 4.98 Å². The second-order valence-electron chi connectivity index (χ2n) is 4.92. The molecule has 3 rings (SSSR count). The lowest BCUT2D eigenvalue weighted by Crippen LogP contribution is -2.34. The lowest BCUT2D eigenvalue weighted by Gasteiger charge is -2.35. The monoisotopic (exact) mass is 219 g/mol. The molecule has 0 radical (unpaired) electrons. The molecule has 86 valence electrons. The molecule has 1 aromatic rings. The molecule has 0 aliphatic heterocycles. The molecule has 0 amide bonds. The standard InChI is InChI=1S/C13H17NO2/c1-16-12-6-5-10-11(14-12)8-9-4-2-3-7-13(9,10)15/h5-6,9,15H,2-4,7-8H2,1H3/t9-,13+/m1/s1. The molecule has 2 atom stereocenters. The van der Waals surface area contributed by atoms with Crippen LogP contribution in [0.3, 0.4) is 0 Å². The van der Waals surface area contributed by atoms with Crippen molar-refractivity contribution in [1.29, 1.82) is 0 Å². The first-order valence-electron chi connectivity index (χ1n) is 6.01. The van der Waals surface area contributed by atoms with Gasteiger partial charge < -0.3 is 9.84 Å². The predicted molar refractivity (Wildman–Crippen MR) is 60.3 cm³/mol. The molecule has 0 unspecified atom stereocenters. The summed E-state index contributed by atoms with van der Waals surface area (Å²) in [6, 6.07) is 3.85. The van der Waals surface area contributed by atoms with Crippen LogP contribution >= 0.6 is 0 Å². The lowest BCUT2D eigenvalue weighted by molar-refractivity contribution is -0.0414. The average Bonchev–Trinajstić information content (AvgIpc) is 2.61. The summed E-state index contributed by atoms with van der Waals surface area (Å²) in [4.78, 5) is 4.46. The van der Waals surface area contributed by atoms with Crippen LogP contribution in [0.4, 0.5) is 0 Å². The highest BCUT2D eigenvalue weighted by Crippen LogP contribution is 2.49. The number of hydrogen-bond acceptors (Lipinski definition) is 3. The summed E-state index contributed by atoms with van der Waals surface area (Å²) < 4.78 is 5.13. The van der Waals surface area contributed by atoms with E-state index < -0.39 is 5.60 Å². The molecule has 1 saturated carbocycles. The maximum atomic E-state index is 10.7. The van der Waals surface area contributed by atoms with Gasteiger partial charge in [0.1, 0.15) is 0 Å². The molecule has 2 aliphatic rings. The summed E-state index contributed by atoms with van der Waals surface area (Å²) in [6.45, 7) is 0. The number of pyridine rings is 1. The number of hydrogen-bond donors (Lipinski definition) is 1. The number of ether oxygens (including phenoxy) is 1. The maximum absolute atomic E-state index is 10.7. The minimum atomic E-state index is -0.604. The van der Waals surface area contributed by atoms with Crippen LogP contribution in [0.5, 0.6) is 5.88 Å². The number of rotatable bonds is 1. The van der Waals surface area contributed by atoms with Crippen molar-refractivity contribution < 1.29 is 9.84 Å². The molecule has 1 heterocycles. The molecule has 16 heavy (non-hydrogen) atoms. The highest BCUT2D eigenvalue weighted by molar-refractivity contribution is 5.37. The number of nitrogens with zero attached hydrogens (tertiary/aromatic N) is 1. The summed E-state index contributed by atoms with van der Waals surface area (Å²) in [6.07, 6.45) is 5.27. The van der Waals surface area contributed by atoms with Crippen molar-refractivity contribution in [2.45, 2.75) is 37.7 Å². The molecule has 3 heteroatoms. The van der Waals surface area contributed by atoms with E-state index in [1.807, 2.05) is 12.1 Å². The Morgan fingerprint density at radius 1 is 1.44 bits per heavy atom. The van der Waals surface area contributed by atoms with Gasteiger partial charge >= 0.3 is 0 Å². The third-order valence-electron chi connectivity index (χ3n) is 4.10. The molecule has 0 saturated heterocycles. The summed E-state index contributed by atoms with van der Waals surface area (Å²) >= 11 is 0. The quantitative estimate of drug-likeness (QED) is 0.785. The van der Waals surface area contributed by atoms with Gasteiger partial charge in [0.15, 0.2) is 0 Å². The van der Waals surface area contributed by atoms with Crippen LogP contribution in [-0.4, -0.2) is 17.2 Å². The average molecular weight is 219 g/mol. The third kappa shape index (κ3) is 1.27. The van der Waals surface area contributed by atoms with Gasteiger partial charge in [-0.1, -0.05) is 12.8 Å². The topological polar surface area (TPSA) is 42.4 Å². The fourth-order valence-electron chi connectivity index (χ4n) is 3.23. The van der Waals surface area contributed by atoms with Crippen molar-refractivity contribution in [2.75, 3.05) is 7.11 Å². The number of methoxy groups -OCH3 is 1. The van der Waals surface area contributed by atoms with Gasteiger partial charge in [0, 0.05) is 11.6 Å². The zero-order chi connectivity index (χ0) is 11.2. The van der Waals surface area contributed by atoms with E-state index in [0.717, 1.165) is 36.9 Å². The summed E-state index contributed by atoms with van der Waals surface area (Å²) in [5.41, 5.74) is 1.47. The van der Waals surface area contributed by atoms with E-state index >= 15 is 0 Å². The van der Waals surface area contributed by atoms with Crippen molar-refractivity contribution >= 4 is 0 Å². The zero-order valence-electron chi connectivity index (χ0n) is 9.57. The van der Waals surface area contributed by atoms with Crippen molar-refractivity contribution in [3.05, 3.63) is 23.4 Å². The largest absolute Gasteiger partial charge is 0.481 e. The van der Waals surface area contributed by atoms with Crippen molar-refractivity contribution in [3.63, 3.8) is 0 Å².